The number of hydrogen-bond donors (Lipinski definition) is 2. The first-order chi connectivity index (χ1) is 14.2. The molecule has 2 aromatic rings. The molecule has 0 saturated carbocycles. The smallest absolute Gasteiger partial charge is 0.231 e. The Hall–Kier alpha value is -2.41. The van der Waals surface area contributed by atoms with E-state index in [1.165, 1.54) is 0 Å². The van der Waals surface area contributed by atoms with Gasteiger partial charge in [-0.15, -0.1) is 0 Å². The summed E-state index contributed by atoms with van der Waals surface area (Å²) in [6.45, 7) is 4.97. The molecule has 154 valence electrons. The molecule has 1 saturated heterocycles. The Morgan fingerprint density at radius 1 is 1.10 bits per heavy atom. The van der Waals surface area contributed by atoms with Crippen molar-refractivity contribution in [3.05, 3.63) is 59.7 Å². The zero-order chi connectivity index (χ0) is 20.1. The molecule has 6 heteroatoms. The van der Waals surface area contributed by atoms with Crippen molar-refractivity contribution in [1.82, 2.24) is 4.90 Å². The third kappa shape index (κ3) is 4.96. The molecule has 1 fully saturated rings. The number of morpholine rings is 1. The molecule has 2 unspecified atom stereocenters. The highest BCUT2D eigenvalue weighted by molar-refractivity contribution is 5.96. The molecule has 2 aliphatic rings. The Kier molecular flexibility index (Phi) is 6.44. The second-order valence-electron chi connectivity index (χ2n) is 7.68. The van der Waals surface area contributed by atoms with Crippen molar-refractivity contribution in [1.29, 1.82) is 0 Å². The molecule has 0 spiro atoms. The number of benzene rings is 2. The lowest BCUT2D eigenvalue weighted by atomic mass is 9.80. The van der Waals surface area contributed by atoms with Crippen molar-refractivity contribution in [2.24, 2.45) is 5.73 Å². The average Bonchev–Trinajstić information content (AvgIpc) is 2.75. The monoisotopic (exact) mass is 395 g/mol. The highest BCUT2D eigenvalue weighted by Gasteiger charge is 2.29. The summed E-state index contributed by atoms with van der Waals surface area (Å²) >= 11 is 0. The van der Waals surface area contributed by atoms with Gasteiger partial charge in [-0.05, 0) is 36.1 Å². The van der Waals surface area contributed by atoms with Crippen molar-refractivity contribution in [3.8, 4) is 5.75 Å². The zero-order valence-corrected chi connectivity index (χ0v) is 16.7. The van der Waals surface area contributed by atoms with E-state index in [4.69, 9.17) is 15.2 Å². The fraction of sp³-hybridized carbons (Fsp3) is 0.435. The van der Waals surface area contributed by atoms with E-state index in [0.717, 1.165) is 68.3 Å². The number of hydrogen-bond acceptors (Lipinski definition) is 5. The number of nitrogens with one attached hydrogen (secondary N) is 1. The zero-order valence-electron chi connectivity index (χ0n) is 16.7. The van der Waals surface area contributed by atoms with Crippen LogP contribution in [0.15, 0.2) is 48.5 Å². The molecule has 29 heavy (non-hydrogen) atoms. The largest absolute Gasteiger partial charge is 0.492 e. The van der Waals surface area contributed by atoms with Crippen LogP contribution in [0.1, 0.15) is 35.9 Å². The fourth-order valence-corrected chi connectivity index (χ4v) is 4.11. The summed E-state index contributed by atoms with van der Waals surface area (Å²) in [7, 11) is 0. The maximum Gasteiger partial charge on any atom is 0.231 e. The van der Waals surface area contributed by atoms with E-state index in [1.807, 2.05) is 48.5 Å². The summed E-state index contributed by atoms with van der Waals surface area (Å²) in [4.78, 5) is 15.3. The van der Waals surface area contributed by atoms with Gasteiger partial charge < -0.3 is 20.5 Å². The van der Waals surface area contributed by atoms with Crippen LogP contribution in [-0.4, -0.2) is 50.3 Å². The highest BCUT2D eigenvalue weighted by Crippen LogP contribution is 2.37. The van der Waals surface area contributed by atoms with Crippen molar-refractivity contribution < 1.29 is 14.3 Å². The van der Waals surface area contributed by atoms with Gasteiger partial charge in [-0.2, -0.15) is 0 Å². The molecule has 1 aliphatic heterocycles. The lowest BCUT2D eigenvalue weighted by Gasteiger charge is -2.28. The Balaban J connectivity index is 1.35. The van der Waals surface area contributed by atoms with E-state index < -0.39 is 0 Å². The number of carbonyl (C=O) groups excluding carboxylic acids is 1. The quantitative estimate of drug-likeness (QED) is 0.787. The van der Waals surface area contributed by atoms with Crippen LogP contribution < -0.4 is 15.8 Å². The van der Waals surface area contributed by atoms with Gasteiger partial charge in [0, 0.05) is 37.4 Å². The SMILES string of the molecule is NC1CCC(C(=O)Nc2cccc(OCCN3CCOCC3)c2)c2ccccc21. The molecule has 0 bridgehead atoms. The van der Waals surface area contributed by atoms with Crippen molar-refractivity contribution in [2.45, 2.75) is 24.8 Å². The van der Waals surface area contributed by atoms with E-state index in [-0.39, 0.29) is 17.9 Å². The molecule has 1 amide bonds. The maximum absolute atomic E-state index is 13.0. The minimum Gasteiger partial charge on any atom is -0.492 e. The van der Waals surface area contributed by atoms with Gasteiger partial charge in [-0.3, -0.25) is 9.69 Å². The molecule has 1 heterocycles. The molecular formula is C23H29N3O3. The Bertz CT molecular complexity index is 836. The Labute approximate surface area is 172 Å². The minimum absolute atomic E-state index is 0.00909. The van der Waals surface area contributed by atoms with E-state index >= 15 is 0 Å². The Morgan fingerprint density at radius 2 is 1.90 bits per heavy atom. The lowest BCUT2D eigenvalue weighted by Crippen LogP contribution is -2.38. The third-order valence-electron chi connectivity index (χ3n) is 5.74. The van der Waals surface area contributed by atoms with E-state index in [1.54, 1.807) is 0 Å². The average molecular weight is 396 g/mol. The number of nitrogens with zero attached hydrogens (tertiary/aromatic N) is 1. The van der Waals surface area contributed by atoms with Crippen LogP contribution in [0.4, 0.5) is 5.69 Å². The number of fused-ring (bicyclic) bond motifs is 1. The predicted molar refractivity (Wildman–Crippen MR) is 113 cm³/mol. The molecule has 4 rings (SSSR count). The standard InChI is InChI=1S/C23H29N3O3/c24-22-9-8-21(19-6-1-2-7-20(19)22)23(27)25-17-4-3-5-18(16-17)29-15-12-26-10-13-28-14-11-26/h1-7,16,21-22H,8-15,24H2,(H,25,27). The first-order valence-corrected chi connectivity index (χ1v) is 10.4. The first-order valence-electron chi connectivity index (χ1n) is 10.4. The molecule has 2 aromatic carbocycles. The fourth-order valence-electron chi connectivity index (χ4n) is 4.11. The summed E-state index contributed by atoms with van der Waals surface area (Å²) in [6, 6.07) is 15.6. The topological polar surface area (TPSA) is 76.8 Å². The van der Waals surface area contributed by atoms with Gasteiger partial charge in [-0.1, -0.05) is 30.3 Å². The van der Waals surface area contributed by atoms with Crippen LogP contribution in [0, 0.1) is 0 Å². The van der Waals surface area contributed by atoms with E-state index in [9.17, 15) is 4.79 Å². The first kappa shape index (κ1) is 19.9. The van der Waals surface area contributed by atoms with E-state index in [0.29, 0.717) is 6.61 Å². The molecule has 0 radical (unpaired) electrons. The molecule has 3 N–H and O–H groups in total. The third-order valence-corrected chi connectivity index (χ3v) is 5.74. The molecule has 2 atom stereocenters. The van der Waals surface area contributed by atoms with Crippen LogP contribution in [0.2, 0.25) is 0 Å². The molecule has 0 aromatic heterocycles. The van der Waals surface area contributed by atoms with Gasteiger partial charge in [0.2, 0.25) is 5.91 Å². The number of amides is 1. The highest BCUT2D eigenvalue weighted by atomic mass is 16.5. The Morgan fingerprint density at radius 3 is 2.72 bits per heavy atom. The van der Waals surface area contributed by atoms with Crippen molar-refractivity contribution in [2.75, 3.05) is 44.8 Å². The van der Waals surface area contributed by atoms with Gasteiger partial charge in [0.1, 0.15) is 12.4 Å². The summed E-state index contributed by atoms with van der Waals surface area (Å²) in [6.07, 6.45) is 1.58. The maximum atomic E-state index is 13.0. The second-order valence-corrected chi connectivity index (χ2v) is 7.68. The minimum atomic E-state index is -0.170. The van der Waals surface area contributed by atoms with Gasteiger partial charge in [0.15, 0.2) is 0 Å². The second kappa shape index (κ2) is 9.39. The van der Waals surface area contributed by atoms with Crippen LogP contribution >= 0.6 is 0 Å². The summed E-state index contributed by atoms with van der Waals surface area (Å²) in [5.41, 5.74) is 9.10. The number of anilines is 1. The number of carbonyl (C=O) groups is 1. The van der Waals surface area contributed by atoms with Gasteiger partial charge in [0.25, 0.3) is 0 Å². The van der Waals surface area contributed by atoms with Gasteiger partial charge in [0.05, 0.1) is 19.1 Å². The van der Waals surface area contributed by atoms with Crippen LogP contribution in [-0.2, 0) is 9.53 Å². The number of ether oxygens (including phenoxy) is 2. The van der Waals surface area contributed by atoms with Gasteiger partial charge >= 0.3 is 0 Å². The molecule has 6 nitrogen and oxygen atoms in total. The number of rotatable bonds is 6. The normalized spacial score (nSPS) is 22.0. The van der Waals surface area contributed by atoms with Crippen LogP contribution in [0.3, 0.4) is 0 Å². The summed E-state index contributed by atoms with van der Waals surface area (Å²) in [5.74, 6) is 0.605. The van der Waals surface area contributed by atoms with Gasteiger partial charge in [-0.25, -0.2) is 0 Å². The lowest BCUT2D eigenvalue weighted by molar-refractivity contribution is -0.117. The van der Waals surface area contributed by atoms with Crippen LogP contribution in [0.5, 0.6) is 5.75 Å². The van der Waals surface area contributed by atoms with Crippen LogP contribution in [0.25, 0.3) is 0 Å². The van der Waals surface area contributed by atoms with E-state index in [2.05, 4.69) is 10.2 Å². The van der Waals surface area contributed by atoms with Crippen molar-refractivity contribution >= 4 is 11.6 Å². The van der Waals surface area contributed by atoms with Crippen molar-refractivity contribution in [3.63, 3.8) is 0 Å². The molecular weight excluding hydrogens is 366 g/mol. The predicted octanol–water partition coefficient (Wildman–Crippen LogP) is 2.91. The summed E-state index contributed by atoms with van der Waals surface area (Å²) < 4.78 is 11.3. The summed E-state index contributed by atoms with van der Waals surface area (Å²) in [5, 5.41) is 3.06. The molecule has 1 aliphatic carbocycles. The number of nitrogens with two attached hydrogens (primary N) is 1.